The molecule has 3 rings (SSSR count). The fourth-order valence-electron chi connectivity index (χ4n) is 4.85. The second-order valence-electron chi connectivity index (χ2n) is 8.16. The Balaban J connectivity index is 1.48. The molecule has 2 N–H and O–H groups in total. The Hall–Kier alpha value is -2.68. The van der Waals surface area contributed by atoms with Crippen LogP contribution in [0.5, 0.6) is 11.5 Å². The number of benzene rings is 1. The average molecular weight is 398 g/mol. The van der Waals surface area contributed by atoms with Crippen LogP contribution in [0.15, 0.2) is 30.0 Å². The molecule has 4 atom stereocenters. The van der Waals surface area contributed by atoms with Gasteiger partial charge in [-0.2, -0.15) is 5.26 Å². The van der Waals surface area contributed by atoms with Gasteiger partial charge in [-0.3, -0.25) is 4.79 Å². The van der Waals surface area contributed by atoms with Crippen molar-refractivity contribution >= 4 is 5.91 Å². The number of fused-ring (bicyclic) bond motifs is 2. The molecule has 2 fully saturated rings. The summed E-state index contributed by atoms with van der Waals surface area (Å²) in [4.78, 5) is 12.4. The number of carbonyl (C=O) groups excluding carboxylic acids is 1. The predicted molar refractivity (Wildman–Crippen MR) is 111 cm³/mol. The summed E-state index contributed by atoms with van der Waals surface area (Å²) in [5, 5.41) is 15.5. The molecule has 2 saturated carbocycles. The molecular weight excluding hydrogens is 366 g/mol. The van der Waals surface area contributed by atoms with Gasteiger partial charge >= 0.3 is 0 Å². The van der Waals surface area contributed by atoms with Gasteiger partial charge in [0, 0.05) is 18.8 Å². The highest BCUT2D eigenvalue weighted by atomic mass is 16.5. The largest absolute Gasteiger partial charge is 0.493 e. The van der Waals surface area contributed by atoms with Crippen LogP contribution in [0.3, 0.4) is 0 Å². The predicted octanol–water partition coefficient (Wildman–Crippen LogP) is 3.18. The van der Waals surface area contributed by atoms with Crippen LogP contribution in [0.2, 0.25) is 0 Å². The zero-order chi connectivity index (χ0) is 20.8. The average Bonchev–Trinajstić information content (AvgIpc) is 3.37. The summed E-state index contributed by atoms with van der Waals surface area (Å²) >= 11 is 0. The van der Waals surface area contributed by atoms with Gasteiger partial charge in [0.15, 0.2) is 11.5 Å². The van der Waals surface area contributed by atoms with Crippen molar-refractivity contribution in [3.63, 3.8) is 0 Å². The van der Waals surface area contributed by atoms with E-state index in [0.717, 1.165) is 17.4 Å². The Morgan fingerprint density at radius 2 is 2.07 bits per heavy atom. The van der Waals surface area contributed by atoms with Gasteiger partial charge < -0.3 is 20.1 Å². The molecule has 0 saturated heterocycles. The van der Waals surface area contributed by atoms with Gasteiger partial charge in [0.1, 0.15) is 11.6 Å². The molecule has 0 radical (unpaired) electrons. The van der Waals surface area contributed by atoms with Crippen LogP contribution in [0.4, 0.5) is 0 Å². The van der Waals surface area contributed by atoms with E-state index in [9.17, 15) is 10.1 Å². The maximum absolute atomic E-state index is 12.4. The van der Waals surface area contributed by atoms with Crippen LogP contribution in [0, 0.1) is 29.1 Å². The number of hydrogen-bond donors (Lipinski definition) is 2. The molecule has 4 unspecified atom stereocenters. The second-order valence-corrected chi connectivity index (χ2v) is 8.16. The number of methoxy groups -OCH3 is 2. The van der Waals surface area contributed by atoms with E-state index < -0.39 is 0 Å². The fraction of sp³-hybridized carbons (Fsp3) is 0.565. The van der Waals surface area contributed by atoms with E-state index in [2.05, 4.69) is 17.6 Å². The number of rotatable bonds is 9. The van der Waals surface area contributed by atoms with Crippen LogP contribution in [0.1, 0.15) is 38.2 Å². The van der Waals surface area contributed by atoms with Crippen molar-refractivity contribution in [2.24, 2.45) is 17.8 Å². The summed E-state index contributed by atoms with van der Waals surface area (Å²) in [5.41, 5.74) is 1.14. The van der Waals surface area contributed by atoms with Crippen LogP contribution >= 0.6 is 0 Å². The molecule has 0 aromatic heterocycles. The Morgan fingerprint density at radius 3 is 2.69 bits per heavy atom. The summed E-state index contributed by atoms with van der Waals surface area (Å²) in [6.45, 7) is 2.60. The van der Waals surface area contributed by atoms with Crippen LogP contribution < -0.4 is 20.1 Å². The Labute approximate surface area is 173 Å². The molecule has 2 bridgehead atoms. The Morgan fingerprint density at radius 1 is 1.28 bits per heavy atom. The summed E-state index contributed by atoms with van der Waals surface area (Å²) in [6, 6.07) is 7.98. The lowest BCUT2D eigenvalue weighted by molar-refractivity contribution is -0.117. The third kappa shape index (κ3) is 5.03. The maximum atomic E-state index is 12.4. The van der Waals surface area contributed by atoms with Crippen molar-refractivity contribution in [2.75, 3.05) is 20.8 Å². The molecule has 6 nitrogen and oxygen atoms in total. The molecule has 2 aliphatic rings. The molecule has 1 amide bonds. The molecule has 2 aliphatic carbocycles. The normalized spacial score (nSPS) is 23.9. The lowest BCUT2D eigenvalue weighted by atomic mass is 9.84. The van der Waals surface area contributed by atoms with E-state index in [1.165, 1.54) is 25.7 Å². The number of hydrogen-bond acceptors (Lipinski definition) is 5. The maximum Gasteiger partial charge on any atom is 0.263 e. The standard InChI is InChI=1S/C23H31N3O3/c1-15(20-11-17-4-6-18(20)10-17)26-14-19(13-24)23(27)25-9-8-16-5-7-21(28-2)22(12-16)29-3/h5,7,12,14-15,17-18,20,26H,4,6,8-11H2,1-3H3,(H,25,27)/b19-14-. The summed E-state index contributed by atoms with van der Waals surface area (Å²) in [7, 11) is 3.19. The molecule has 6 heteroatoms. The zero-order valence-corrected chi connectivity index (χ0v) is 17.5. The third-order valence-corrected chi connectivity index (χ3v) is 6.44. The van der Waals surface area contributed by atoms with Gasteiger partial charge in [-0.15, -0.1) is 0 Å². The number of ether oxygens (including phenoxy) is 2. The van der Waals surface area contributed by atoms with Gasteiger partial charge in [-0.05, 0) is 68.1 Å². The first-order valence-corrected chi connectivity index (χ1v) is 10.4. The highest BCUT2D eigenvalue weighted by molar-refractivity contribution is 5.97. The minimum absolute atomic E-state index is 0.118. The minimum atomic E-state index is -0.347. The van der Waals surface area contributed by atoms with E-state index in [0.29, 0.717) is 30.4 Å². The van der Waals surface area contributed by atoms with Crippen LogP contribution in [-0.2, 0) is 11.2 Å². The number of carbonyl (C=O) groups is 1. The van der Waals surface area contributed by atoms with Crippen molar-refractivity contribution in [3.8, 4) is 17.6 Å². The van der Waals surface area contributed by atoms with Crippen molar-refractivity contribution in [1.82, 2.24) is 10.6 Å². The summed E-state index contributed by atoms with van der Waals surface area (Å²) < 4.78 is 10.5. The summed E-state index contributed by atoms with van der Waals surface area (Å²) in [6.07, 6.45) is 7.54. The van der Waals surface area contributed by atoms with Crippen molar-refractivity contribution in [1.29, 1.82) is 5.26 Å². The number of nitriles is 1. The van der Waals surface area contributed by atoms with E-state index in [1.807, 2.05) is 24.3 Å². The van der Waals surface area contributed by atoms with E-state index in [4.69, 9.17) is 9.47 Å². The lowest BCUT2D eigenvalue weighted by Crippen LogP contribution is -2.34. The molecule has 29 heavy (non-hydrogen) atoms. The number of nitrogens with one attached hydrogen (secondary N) is 2. The van der Waals surface area contributed by atoms with Gasteiger partial charge in [-0.1, -0.05) is 12.5 Å². The highest BCUT2D eigenvalue weighted by Crippen LogP contribution is 2.49. The Kier molecular flexibility index (Phi) is 7.03. The van der Waals surface area contributed by atoms with E-state index in [-0.39, 0.29) is 17.5 Å². The van der Waals surface area contributed by atoms with Crippen LogP contribution in [0.25, 0.3) is 0 Å². The van der Waals surface area contributed by atoms with Crippen LogP contribution in [-0.4, -0.2) is 32.7 Å². The molecule has 0 spiro atoms. The second kappa shape index (κ2) is 9.69. The third-order valence-electron chi connectivity index (χ3n) is 6.44. The monoisotopic (exact) mass is 397 g/mol. The lowest BCUT2D eigenvalue weighted by Gasteiger charge is -2.28. The molecular formula is C23H31N3O3. The SMILES string of the molecule is COc1ccc(CCNC(=O)/C(C#N)=C\NC(C)C2CC3CCC2C3)cc1OC. The zero-order valence-electron chi connectivity index (χ0n) is 17.5. The van der Waals surface area contributed by atoms with Crippen molar-refractivity contribution in [3.05, 3.63) is 35.5 Å². The number of amides is 1. The molecule has 1 aromatic rings. The van der Waals surface area contributed by atoms with Gasteiger partial charge in [0.25, 0.3) is 5.91 Å². The van der Waals surface area contributed by atoms with Gasteiger partial charge in [0.2, 0.25) is 0 Å². The molecule has 156 valence electrons. The fourth-order valence-corrected chi connectivity index (χ4v) is 4.85. The number of nitrogens with zero attached hydrogens (tertiary/aromatic N) is 1. The Bertz CT molecular complexity index is 799. The topological polar surface area (TPSA) is 83.4 Å². The molecule has 0 aliphatic heterocycles. The molecule has 0 heterocycles. The van der Waals surface area contributed by atoms with E-state index in [1.54, 1.807) is 20.4 Å². The first-order chi connectivity index (χ1) is 14.0. The van der Waals surface area contributed by atoms with Gasteiger partial charge in [0.05, 0.1) is 14.2 Å². The van der Waals surface area contributed by atoms with Crippen molar-refractivity contribution < 1.29 is 14.3 Å². The van der Waals surface area contributed by atoms with Crippen molar-refractivity contribution in [2.45, 2.75) is 45.1 Å². The van der Waals surface area contributed by atoms with E-state index >= 15 is 0 Å². The highest BCUT2D eigenvalue weighted by Gasteiger charge is 2.41. The minimum Gasteiger partial charge on any atom is -0.493 e. The first-order valence-electron chi connectivity index (χ1n) is 10.4. The van der Waals surface area contributed by atoms with Gasteiger partial charge in [-0.25, -0.2) is 0 Å². The first kappa shape index (κ1) is 21.0. The summed E-state index contributed by atoms with van der Waals surface area (Å²) in [5.74, 6) is 3.32. The molecule has 1 aromatic carbocycles. The quantitative estimate of drug-likeness (QED) is 0.494. The smallest absolute Gasteiger partial charge is 0.263 e.